The van der Waals surface area contributed by atoms with Crippen LogP contribution >= 0.6 is 0 Å². The van der Waals surface area contributed by atoms with Crippen molar-refractivity contribution in [1.82, 2.24) is 5.32 Å². The maximum Gasteiger partial charge on any atom is 0.240 e. The molecule has 112 valence electrons. The number of amides is 1. The second-order valence-corrected chi connectivity index (χ2v) is 5.19. The van der Waals surface area contributed by atoms with E-state index in [1.54, 1.807) is 6.92 Å². The monoisotopic (exact) mass is 280 g/mol. The fraction of sp³-hybridized carbons (Fsp3) is 0.533. The van der Waals surface area contributed by atoms with E-state index in [0.717, 1.165) is 5.75 Å². The highest BCUT2D eigenvalue weighted by molar-refractivity contribution is 5.84. The highest BCUT2D eigenvalue weighted by atomic mass is 16.5. The Labute approximate surface area is 120 Å². The zero-order chi connectivity index (χ0) is 15.2. The van der Waals surface area contributed by atoms with Crippen molar-refractivity contribution < 1.29 is 14.3 Å². The van der Waals surface area contributed by atoms with Crippen molar-refractivity contribution in [3.63, 3.8) is 0 Å². The smallest absolute Gasteiger partial charge is 0.240 e. The highest BCUT2D eigenvalue weighted by Gasteiger charge is 2.32. The number of primary amides is 1. The second-order valence-electron chi connectivity index (χ2n) is 5.19. The van der Waals surface area contributed by atoms with Crippen LogP contribution in [-0.4, -0.2) is 30.7 Å². The molecule has 0 saturated carbocycles. The van der Waals surface area contributed by atoms with Crippen LogP contribution in [0.3, 0.4) is 0 Å². The maximum atomic E-state index is 11.6. The van der Waals surface area contributed by atoms with Crippen LogP contribution in [0, 0.1) is 0 Å². The molecule has 0 spiro atoms. The Hall–Kier alpha value is -1.75. The SMILES string of the molecule is CCOc1ccc(OCC(C)(NC(C)C)C(N)=O)cc1. The van der Waals surface area contributed by atoms with Gasteiger partial charge < -0.3 is 15.2 Å². The van der Waals surface area contributed by atoms with Gasteiger partial charge in [-0.05, 0) is 52.0 Å². The van der Waals surface area contributed by atoms with Gasteiger partial charge in [-0.1, -0.05) is 0 Å². The molecule has 1 unspecified atom stereocenters. The Morgan fingerprint density at radius 2 is 1.75 bits per heavy atom. The molecule has 20 heavy (non-hydrogen) atoms. The summed E-state index contributed by atoms with van der Waals surface area (Å²) in [5.74, 6) is 1.03. The van der Waals surface area contributed by atoms with Gasteiger partial charge in [-0.15, -0.1) is 0 Å². The molecule has 0 fully saturated rings. The lowest BCUT2D eigenvalue weighted by Gasteiger charge is -2.29. The number of nitrogens with two attached hydrogens (primary N) is 1. The van der Waals surface area contributed by atoms with Gasteiger partial charge in [0.25, 0.3) is 0 Å². The van der Waals surface area contributed by atoms with Crippen molar-refractivity contribution in [1.29, 1.82) is 0 Å². The Bertz CT molecular complexity index is 431. The van der Waals surface area contributed by atoms with Crippen LogP contribution in [0.2, 0.25) is 0 Å². The molecular weight excluding hydrogens is 256 g/mol. The van der Waals surface area contributed by atoms with Crippen LogP contribution in [0.1, 0.15) is 27.7 Å². The summed E-state index contributed by atoms with van der Waals surface area (Å²) in [5.41, 5.74) is 4.55. The average Bonchev–Trinajstić information content (AvgIpc) is 2.37. The summed E-state index contributed by atoms with van der Waals surface area (Å²) < 4.78 is 11.0. The molecule has 1 rings (SSSR count). The van der Waals surface area contributed by atoms with E-state index in [4.69, 9.17) is 15.2 Å². The van der Waals surface area contributed by atoms with Crippen molar-refractivity contribution in [2.45, 2.75) is 39.3 Å². The van der Waals surface area contributed by atoms with Crippen molar-refractivity contribution in [2.75, 3.05) is 13.2 Å². The predicted molar refractivity (Wildman–Crippen MR) is 79.0 cm³/mol. The standard InChI is InChI=1S/C15H24N2O3/c1-5-19-12-6-8-13(9-7-12)20-10-15(4,14(16)18)17-11(2)3/h6-9,11,17H,5,10H2,1-4H3,(H2,16,18). The molecule has 0 aliphatic carbocycles. The molecule has 5 heteroatoms. The fourth-order valence-corrected chi connectivity index (χ4v) is 1.85. The Morgan fingerprint density at radius 1 is 1.25 bits per heavy atom. The van der Waals surface area contributed by atoms with Crippen LogP contribution in [-0.2, 0) is 4.79 Å². The summed E-state index contributed by atoms with van der Waals surface area (Å²) in [4.78, 5) is 11.6. The fourth-order valence-electron chi connectivity index (χ4n) is 1.85. The van der Waals surface area contributed by atoms with Crippen LogP contribution < -0.4 is 20.5 Å². The maximum absolute atomic E-state index is 11.6. The molecule has 0 aromatic heterocycles. The first-order valence-electron chi connectivity index (χ1n) is 6.80. The number of hydrogen-bond acceptors (Lipinski definition) is 4. The van der Waals surface area contributed by atoms with Gasteiger partial charge >= 0.3 is 0 Å². The molecular formula is C15H24N2O3. The first kappa shape index (κ1) is 16.3. The Balaban J connectivity index is 2.65. The quantitative estimate of drug-likeness (QED) is 0.760. The molecule has 0 aliphatic heterocycles. The van der Waals surface area contributed by atoms with E-state index in [-0.39, 0.29) is 12.6 Å². The zero-order valence-electron chi connectivity index (χ0n) is 12.6. The molecule has 0 radical (unpaired) electrons. The largest absolute Gasteiger partial charge is 0.494 e. The van der Waals surface area contributed by atoms with E-state index in [0.29, 0.717) is 12.4 Å². The number of carbonyl (C=O) groups is 1. The van der Waals surface area contributed by atoms with Crippen molar-refractivity contribution in [3.05, 3.63) is 24.3 Å². The molecule has 0 bridgehead atoms. The minimum atomic E-state index is -0.896. The van der Waals surface area contributed by atoms with Crippen molar-refractivity contribution >= 4 is 5.91 Å². The summed E-state index contributed by atoms with van der Waals surface area (Å²) in [6.45, 7) is 8.38. The molecule has 0 heterocycles. The molecule has 1 aromatic carbocycles. The van der Waals surface area contributed by atoms with E-state index in [2.05, 4.69) is 5.32 Å². The number of rotatable bonds is 8. The van der Waals surface area contributed by atoms with Crippen molar-refractivity contribution in [2.24, 2.45) is 5.73 Å². The van der Waals surface area contributed by atoms with Gasteiger partial charge in [0.2, 0.25) is 5.91 Å². The second kappa shape index (κ2) is 7.14. The number of nitrogens with one attached hydrogen (secondary N) is 1. The summed E-state index contributed by atoms with van der Waals surface area (Å²) in [7, 11) is 0. The normalized spacial score (nSPS) is 13.8. The third kappa shape index (κ3) is 4.74. The van der Waals surface area contributed by atoms with Gasteiger partial charge in [0, 0.05) is 6.04 Å². The number of benzene rings is 1. The minimum absolute atomic E-state index is 0.136. The first-order chi connectivity index (χ1) is 9.37. The van der Waals surface area contributed by atoms with E-state index in [1.807, 2.05) is 45.0 Å². The van der Waals surface area contributed by atoms with Gasteiger partial charge in [0.15, 0.2) is 0 Å². The third-order valence-electron chi connectivity index (χ3n) is 2.81. The highest BCUT2D eigenvalue weighted by Crippen LogP contribution is 2.19. The molecule has 5 nitrogen and oxygen atoms in total. The molecule has 0 saturated heterocycles. The van der Waals surface area contributed by atoms with E-state index < -0.39 is 11.4 Å². The summed E-state index contributed by atoms with van der Waals surface area (Å²) in [5, 5.41) is 3.13. The van der Waals surface area contributed by atoms with Gasteiger partial charge in [-0.25, -0.2) is 0 Å². The lowest BCUT2D eigenvalue weighted by Crippen LogP contribution is -2.59. The van der Waals surface area contributed by atoms with Crippen LogP contribution in [0.5, 0.6) is 11.5 Å². The molecule has 1 aromatic rings. The van der Waals surface area contributed by atoms with Crippen LogP contribution in [0.15, 0.2) is 24.3 Å². The average molecular weight is 280 g/mol. The third-order valence-corrected chi connectivity index (χ3v) is 2.81. The Morgan fingerprint density at radius 3 is 2.15 bits per heavy atom. The van der Waals surface area contributed by atoms with Gasteiger partial charge in [0.1, 0.15) is 23.6 Å². The lowest BCUT2D eigenvalue weighted by molar-refractivity contribution is -0.125. The lowest BCUT2D eigenvalue weighted by atomic mass is 10.0. The van der Waals surface area contributed by atoms with Gasteiger partial charge in [-0.3, -0.25) is 10.1 Å². The summed E-state index contributed by atoms with van der Waals surface area (Å²) >= 11 is 0. The predicted octanol–water partition coefficient (Wildman–Crippen LogP) is 1.71. The molecule has 1 atom stereocenters. The summed E-state index contributed by atoms with van der Waals surface area (Å²) in [6.07, 6.45) is 0. The van der Waals surface area contributed by atoms with E-state index in [9.17, 15) is 4.79 Å². The topological polar surface area (TPSA) is 73.6 Å². The van der Waals surface area contributed by atoms with E-state index in [1.165, 1.54) is 0 Å². The number of carbonyl (C=O) groups excluding carboxylic acids is 1. The number of hydrogen-bond donors (Lipinski definition) is 2. The molecule has 0 aliphatic rings. The van der Waals surface area contributed by atoms with Gasteiger partial charge in [-0.2, -0.15) is 0 Å². The van der Waals surface area contributed by atoms with Crippen LogP contribution in [0.4, 0.5) is 0 Å². The van der Waals surface area contributed by atoms with Gasteiger partial charge in [0.05, 0.1) is 6.61 Å². The molecule has 1 amide bonds. The minimum Gasteiger partial charge on any atom is -0.494 e. The van der Waals surface area contributed by atoms with Crippen molar-refractivity contribution in [3.8, 4) is 11.5 Å². The molecule has 3 N–H and O–H groups in total. The zero-order valence-corrected chi connectivity index (χ0v) is 12.6. The first-order valence-corrected chi connectivity index (χ1v) is 6.80. The Kier molecular flexibility index (Phi) is 5.82. The van der Waals surface area contributed by atoms with E-state index >= 15 is 0 Å². The summed E-state index contributed by atoms with van der Waals surface area (Å²) in [6, 6.07) is 7.41. The number of ether oxygens (including phenoxy) is 2. The van der Waals surface area contributed by atoms with Crippen LogP contribution in [0.25, 0.3) is 0 Å².